The van der Waals surface area contributed by atoms with Crippen LogP contribution in [0.1, 0.15) is 105 Å². The molecule has 1 nitrogen and oxygen atoms in total. The highest BCUT2D eigenvalue weighted by molar-refractivity contribution is 5.30. The van der Waals surface area contributed by atoms with E-state index in [1.165, 1.54) is 43.4 Å². The Balaban J connectivity index is 1.26. The third kappa shape index (κ3) is 7.62. The molecule has 38 heavy (non-hydrogen) atoms. The van der Waals surface area contributed by atoms with Gasteiger partial charge < -0.3 is 4.74 Å². The molecule has 0 N–H and O–H groups in total. The standard InChI is InChI=1S/C34H43F3O/c1-3-5-7-26-10-18-30(19-11-26)31-20-21-32(33(35)24-31)34(36,37)38-23-22-27-12-16-29(17-13-27)28-14-8-25(6-4-2)9-15-28/h3-4,6,12-13,16-17,20-21,24-26,28,30H,1,5,7-11,14-15,18-19,22-23H2,2H3. The van der Waals surface area contributed by atoms with Crippen LogP contribution in [0.2, 0.25) is 0 Å². The first kappa shape index (κ1) is 28.7. The van der Waals surface area contributed by atoms with Gasteiger partial charge in [-0.25, -0.2) is 4.39 Å². The van der Waals surface area contributed by atoms with Crippen LogP contribution in [0.25, 0.3) is 0 Å². The van der Waals surface area contributed by atoms with Gasteiger partial charge in [-0.15, -0.1) is 6.58 Å². The number of rotatable bonds is 11. The quantitative estimate of drug-likeness (QED) is 0.266. The van der Waals surface area contributed by atoms with Gasteiger partial charge in [-0.2, -0.15) is 8.78 Å². The van der Waals surface area contributed by atoms with Crippen LogP contribution in [0.3, 0.4) is 0 Å². The highest BCUT2D eigenvalue weighted by Gasteiger charge is 2.36. The van der Waals surface area contributed by atoms with E-state index in [1.54, 1.807) is 6.07 Å². The van der Waals surface area contributed by atoms with E-state index in [4.69, 9.17) is 4.74 Å². The highest BCUT2D eigenvalue weighted by Crippen LogP contribution is 2.40. The Kier molecular flexibility index (Phi) is 10.3. The minimum Gasteiger partial charge on any atom is -0.316 e. The molecule has 2 saturated carbocycles. The van der Waals surface area contributed by atoms with E-state index in [1.807, 2.05) is 18.2 Å². The van der Waals surface area contributed by atoms with Gasteiger partial charge in [-0.3, -0.25) is 0 Å². The van der Waals surface area contributed by atoms with Crippen LogP contribution in [-0.2, 0) is 17.3 Å². The number of halogens is 3. The molecule has 0 bridgehead atoms. The molecule has 0 atom stereocenters. The SMILES string of the molecule is C=CCCC1CCC(c2ccc(C(F)(F)OCCc3ccc(C4CCC(C=CC)CC4)cc3)c(F)c2)CC1. The molecular formula is C34H43F3O. The maximum atomic E-state index is 14.8. The summed E-state index contributed by atoms with van der Waals surface area (Å²) in [5, 5.41) is 0. The lowest BCUT2D eigenvalue weighted by molar-refractivity contribution is -0.249. The summed E-state index contributed by atoms with van der Waals surface area (Å²) in [6.45, 7) is 5.70. The van der Waals surface area contributed by atoms with E-state index in [0.29, 0.717) is 24.2 Å². The lowest BCUT2D eigenvalue weighted by atomic mass is 9.77. The second-order valence-electron chi connectivity index (χ2n) is 11.3. The van der Waals surface area contributed by atoms with Gasteiger partial charge in [-0.05, 0) is 130 Å². The maximum absolute atomic E-state index is 14.8. The zero-order valence-corrected chi connectivity index (χ0v) is 22.8. The van der Waals surface area contributed by atoms with Crippen LogP contribution in [0.5, 0.6) is 0 Å². The van der Waals surface area contributed by atoms with Crippen LogP contribution < -0.4 is 0 Å². The summed E-state index contributed by atoms with van der Waals surface area (Å²) >= 11 is 0. The Morgan fingerprint density at radius 1 is 0.895 bits per heavy atom. The summed E-state index contributed by atoms with van der Waals surface area (Å²) in [4.78, 5) is 0. The summed E-state index contributed by atoms with van der Waals surface area (Å²) in [5.41, 5.74) is 2.42. The zero-order valence-electron chi connectivity index (χ0n) is 22.8. The Morgan fingerprint density at radius 3 is 2.16 bits per heavy atom. The molecule has 0 heterocycles. The Morgan fingerprint density at radius 2 is 1.53 bits per heavy atom. The maximum Gasteiger partial charge on any atom is 0.386 e. The Labute approximate surface area is 227 Å². The first-order chi connectivity index (χ1) is 18.4. The molecule has 206 valence electrons. The van der Waals surface area contributed by atoms with Gasteiger partial charge >= 0.3 is 6.11 Å². The minimum absolute atomic E-state index is 0.170. The molecule has 2 aliphatic rings. The van der Waals surface area contributed by atoms with Crippen molar-refractivity contribution in [3.05, 3.63) is 95.3 Å². The van der Waals surface area contributed by atoms with Crippen molar-refractivity contribution < 1.29 is 17.9 Å². The molecule has 2 aromatic rings. The zero-order chi connectivity index (χ0) is 27.0. The minimum atomic E-state index is -3.66. The highest BCUT2D eigenvalue weighted by atomic mass is 19.3. The third-order valence-corrected chi connectivity index (χ3v) is 8.77. The lowest BCUT2D eigenvalue weighted by Crippen LogP contribution is -2.22. The van der Waals surface area contributed by atoms with Crippen LogP contribution in [-0.4, -0.2) is 6.61 Å². The summed E-state index contributed by atoms with van der Waals surface area (Å²) in [5.74, 6) is 1.31. The van der Waals surface area contributed by atoms with Gasteiger partial charge in [0.1, 0.15) is 5.82 Å². The van der Waals surface area contributed by atoms with Gasteiger partial charge in [0.25, 0.3) is 0 Å². The van der Waals surface area contributed by atoms with E-state index >= 15 is 0 Å². The van der Waals surface area contributed by atoms with Crippen molar-refractivity contribution in [2.75, 3.05) is 6.61 Å². The van der Waals surface area contributed by atoms with Gasteiger partial charge in [0, 0.05) is 0 Å². The number of alkyl halides is 2. The van der Waals surface area contributed by atoms with E-state index in [9.17, 15) is 13.2 Å². The average molecular weight is 525 g/mol. The van der Waals surface area contributed by atoms with Crippen LogP contribution >= 0.6 is 0 Å². The van der Waals surface area contributed by atoms with Crippen molar-refractivity contribution in [3.63, 3.8) is 0 Å². The second kappa shape index (κ2) is 13.6. The molecule has 0 amide bonds. The Hall–Kier alpha value is -2.33. The monoisotopic (exact) mass is 524 g/mol. The molecule has 0 aliphatic heterocycles. The van der Waals surface area contributed by atoms with Gasteiger partial charge in [-0.1, -0.05) is 48.6 Å². The van der Waals surface area contributed by atoms with Crippen molar-refractivity contribution in [3.8, 4) is 0 Å². The van der Waals surface area contributed by atoms with E-state index in [0.717, 1.165) is 49.7 Å². The number of hydrogen-bond acceptors (Lipinski definition) is 1. The molecule has 4 heteroatoms. The van der Waals surface area contributed by atoms with Crippen LogP contribution in [0.15, 0.2) is 67.3 Å². The average Bonchev–Trinajstić information content (AvgIpc) is 2.93. The second-order valence-corrected chi connectivity index (χ2v) is 11.3. The molecule has 4 rings (SSSR count). The summed E-state index contributed by atoms with van der Waals surface area (Å²) in [6.07, 6.45) is 14.2. The fraction of sp³-hybridized carbons (Fsp3) is 0.529. The number of ether oxygens (including phenoxy) is 1. The molecule has 0 aromatic heterocycles. The van der Waals surface area contributed by atoms with Crippen molar-refractivity contribution in [1.29, 1.82) is 0 Å². The van der Waals surface area contributed by atoms with Crippen LogP contribution in [0, 0.1) is 17.7 Å². The van der Waals surface area contributed by atoms with Crippen molar-refractivity contribution >= 4 is 0 Å². The van der Waals surface area contributed by atoms with Crippen molar-refractivity contribution in [1.82, 2.24) is 0 Å². The topological polar surface area (TPSA) is 9.23 Å². The molecule has 0 radical (unpaired) electrons. The first-order valence-corrected chi connectivity index (χ1v) is 14.5. The largest absolute Gasteiger partial charge is 0.386 e. The molecule has 0 saturated heterocycles. The fourth-order valence-electron chi connectivity index (χ4n) is 6.41. The van der Waals surface area contributed by atoms with E-state index in [-0.39, 0.29) is 12.5 Å². The third-order valence-electron chi connectivity index (χ3n) is 8.77. The summed E-state index contributed by atoms with van der Waals surface area (Å²) in [7, 11) is 0. The first-order valence-electron chi connectivity index (χ1n) is 14.5. The molecular weight excluding hydrogens is 481 g/mol. The normalized spacial score (nSPS) is 24.5. The van der Waals surface area contributed by atoms with Gasteiger partial charge in [0.05, 0.1) is 12.2 Å². The van der Waals surface area contributed by atoms with Crippen LogP contribution in [0.4, 0.5) is 13.2 Å². The molecule has 0 spiro atoms. The Bertz CT molecular complexity index is 1040. The van der Waals surface area contributed by atoms with Crippen molar-refractivity contribution in [2.45, 2.75) is 95.5 Å². The number of allylic oxidation sites excluding steroid dienone is 3. The predicted molar refractivity (Wildman–Crippen MR) is 150 cm³/mol. The fourth-order valence-corrected chi connectivity index (χ4v) is 6.41. The van der Waals surface area contributed by atoms with E-state index < -0.39 is 17.5 Å². The molecule has 2 aliphatic carbocycles. The summed E-state index contributed by atoms with van der Waals surface area (Å²) in [6, 6.07) is 12.4. The van der Waals surface area contributed by atoms with Crippen molar-refractivity contribution in [2.24, 2.45) is 11.8 Å². The van der Waals surface area contributed by atoms with E-state index in [2.05, 4.69) is 37.8 Å². The number of hydrogen-bond donors (Lipinski definition) is 0. The summed E-state index contributed by atoms with van der Waals surface area (Å²) < 4.78 is 49.3. The van der Waals surface area contributed by atoms with Gasteiger partial charge in [0.15, 0.2) is 0 Å². The molecule has 2 aromatic carbocycles. The molecule has 0 unspecified atom stereocenters. The van der Waals surface area contributed by atoms with Gasteiger partial charge in [0.2, 0.25) is 0 Å². The molecule has 2 fully saturated rings. The number of benzene rings is 2. The lowest BCUT2D eigenvalue weighted by Gasteiger charge is -2.29. The smallest absolute Gasteiger partial charge is 0.316 e. The predicted octanol–water partition coefficient (Wildman–Crippen LogP) is 10.2.